The molecule has 0 aliphatic carbocycles. The van der Waals surface area contributed by atoms with Gasteiger partial charge < -0.3 is 10.4 Å². The Hall–Kier alpha value is -1.32. The van der Waals surface area contributed by atoms with Crippen molar-refractivity contribution in [2.45, 2.75) is 46.1 Å². The van der Waals surface area contributed by atoms with E-state index in [-0.39, 0.29) is 12.3 Å². The summed E-state index contributed by atoms with van der Waals surface area (Å²) >= 11 is 0. The average Bonchev–Trinajstić information content (AvgIpc) is 2.00. The average molecular weight is 213 g/mol. The molecule has 0 aromatic rings. The third-order valence-corrected chi connectivity index (χ3v) is 2.17. The molecule has 0 saturated carbocycles. The first-order valence-electron chi connectivity index (χ1n) is 4.98. The normalized spacial score (nSPS) is 13.9. The smallest absolute Gasteiger partial charge is 0.305 e. The van der Waals surface area contributed by atoms with Gasteiger partial charge in [-0.05, 0) is 27.2 Å². The van der Waals surface area contributed by atoms with Crippen molar-refractivity contribution in [3.05, 3.63) is 11.6 Å². The third-order valence-electron chi connectivity index (χ3n) is 2.17. The minimum Gasteiger partial charge on any atom is -0.481 e. The van der Waals surface area contributed by atoms with Crippen LogP contribution in [-0.2, 0) is 9.59 Å². The van der Waals surface area contributed by atoms with Crippen molar-refractivity contribution in [3.63, 3.8) is 0 Å². The minimum absolute atomic E-state index is 0.0636. The number of aliphatic carboxylic acids is 1. The molecule has 0 radical (unpaired) electrons. The van der Waals surface area contributed by atoms with Crippen LogP contribution >= 0.6 is 0 Å². The predicted molar refractivity (Wildman–Crippen MR) is 58.5 cm³/mol. The quantitative estimate of drug-likeness (QED) is 0.683. The van der Waals surface area contributed by atoms with Crippen LogP contribution in [0.5, 0.6) is 0 Å². The Balaban J connectivity index is 4.50. The summed E-state index contributed by atoms with van der Waals surface area (Å²) in [5.74, 6) is -1.14. The lowest BCUT2D eigenvalue weighted by atomic mass is 9.94. The molecular formula is C11H19NO3. The number of amides is 1. The lowest BCUT2D eigenvalue weighted by Crippen LogP contribution is -2.46. The molecule has 0 aromatic carbocycles. The molecule has 4 heteroatoms. The summed E-state index contributed by atoms with van der Waals surface area (Å²) in [4.78, 5) is 22.0. The van der Waals surface area contributed by atoms with Crippen molar-refractivity contribution < 1.29 is 14.7 Å². The van der Waals surface area contributed by atoms with Crippen LogP contribution in [0, 0.1) is 0 Å². The van der Waals surface area contributed by atoms with E-state index < -0.39 is 11.5 Å². The van der Waals surface area contributed by atoms with Gasteiger partial charge in [-0.15, -0.1) is 0 Å². The summed E-state index contributed by atoms with van der Waals surface area (Å²) in [6.45, 7) is 7.23. The first kappa shape index (κ1) is 13.7. The van der Waals surface area contributed by atoms with Crippen LogP contribution in [-0.4, -0.2) is 22.5 Å². The van der Waals surface area contributed by atoms with Gasteiger partial charge in [0.25, 0.3) is 0 Å². The second kappa shape index (κ2) is 5.53. The van der Waals surface area contributed by atoms with E-state index in [1.165, 1.54) is 6.08 Å². The summed E-state index contributed by atoms with van der Waals surface area (Å²) in [6, 6.07) is 0. The van der Waals surface area contributed by atoms with E-state index in [9.17, 15) is 9.59 Å². The fourth-order valence-corrected chi connectivity index (χ4v) is 1.19. The molecule has 0 aliphatic heterocycles. The van der Waals surface area contributed by atoms with Gasteiger partial charge in [0.1, 0.15) is 0 Å². The van der Waals surface area contributed by atoms with Gasteiger partial charge in [-0.2, -0.15) is 0 Å². The number of carbonyl (C=O) groups excluding carboxylic acids is 1. The molecule has 0 fully saturated rings. The van der Waals surface area contributed by atoms with E-state index in [1.54, 1.807) is 6.92 Å². The summed E-state index contributed by atoms with van der Waals surface area (Å²) in [7, 11) is 0. The van der Waals surface area contributed by atoms with Gasteiger partial charge in [-0.3, -0.25) is 9.59 Å². The molecule has 0 heterocycles. The van der Waals surface area contributed by atoms with Gasteiger partial charge in [0.2, 0.25) is 5.91 Å². The summed E-state index contributed by atoms with van der Waals surface area (Å²) in [5.41, 5.74) is 0.218. The molecule has 86 valence electrons. The molecule has 0 bridgehead atoms. The molecule has 2 N–H and O–H groups in total. The lowest BCUT2D eigenvalue weighted by molar-refractivity contribution is -0.138. The van der Waals surface area contributed by atoms with Crippen LogP contribution in [0.25, 0.3) is 0 Å². The SMILES string of the molecule is CCC(C)(CC(=O)O)NC(=O)C=C(C)C. The minimum atomic E-state index is -0.906. The van der Waals surface area contributed by atoms with Crippen LogP contribution in [0.2, 0.25) is 0 Å². The van der Waals surface area contributed by atoms with E-state index >= 15 is 0 Å². The second-order valence-electron chi connectivity index (χ2n) is 4.20. The molecule has 0 saturated heterocycles. The molecule has 1 amide bonds. The number of nitrogens with one attached hydrogen (secondary N) is 1. The van der Waals surface area contributed by atoms with Crippen LogP contribution in [0.15, 0.2) is 11.6 Å². The summed E-state index contributed by atoms with van der Waals surface area (Å²) in [5, 5.41) is 11.4. The first-order valence-corrected chi connectivity index (χ1v) is 4.98. The van der Waals surface area contributed by atoms with E-state index in [0.29, 0.717) is 6.42 Å². The molecule has 0 aliphatic rings. The highest BCUT2D eigenvalue weighted by Crippen LogP contribution is 2.14. The molecule has 0 rings (SSSR count). The van der Waals surface area contributed by atoms with E-state index in [0.717, 1.165) is 5.57 Å². The Labute approximate surface area is 90.4 Å². The zero-order valence-electron chi connectivity index (χ0n) is 9.76. The number of hydrogen-bond donors (Lipinski definition) is 2. The monoisotopic (exact) mass is 213 g/mol. The lowest BCUT2D eigenvalue weighted by Gasteiger charge is -2.27. The van der Waals surface area contributed by atoms with Gasteiger partial charge in [-0.1, -0.05) is 12.5 Å². The molecular weight excluding hydrogens is 194 g/mol. The topological polar surface area (TPSA) is 66.4 Å². The van der Waals surface area contributed by atoms with Crippen molar-refractivity contribution in [1.29, 1.82) is 0 Å². The second-order valence-corrected chi connectivity index (χ2v) is 4.20. The van der Waals surface area contributed by atoms with Crippen LogP contribution in [0.4, 0.5) is 0 Å². The zero-order chi connectivity index (χ0) is 12.1. The highest BCUT2D eigenvalue weighted by atomic mass is 16.4. The fraction of sp³-hybridized carbons (Fsp3) is 0.636. The number of carbonyl (C=O) groups is 2. The Kier molecular flexibility index (Phi) is 5.05. The number of allylic oxidation sites excluding steroid dienone is 1. The Morgan fingerprint density at radius 2 is 1.93 bits per heavy atom. The summed E-state index contributed by atoms with van der Waals surface area (Å²) in [6.07, 6.45) is 1.99. The van der Waals surface area contributed by atoms with Crippen LogP contribution in [0.1, 0.15) is 40.5 Å². The van der Waals surface area contributed by atoms with E-state index in [4.69, 9.17) is 5.11 Å². The van der Waals surface area contributed by atoms with Crippen molar-refractivity contribution >= 4 is 11.9 Å². The van der Waals surface area contributed by atoms with E-state index in [1.807, 2.05) is 20.8 Å². The highest BCUT2D eigenvalue weighted by molar-refractivity contribution is 5.89. The van der Waals surface area contributed by atoms with Gasteiger partial charge in [0.15, 0.2) is 0 Å². The molecule has 1 unspecified atom stereocenters. The number of carboxylic acid groups (broad SMARTS) is 1. The van der Waals surface area contributed by atoms with Gasteiger partial charge >= 0.3 is 5.97 Å². The maximum Gasteiger partial charge on any atom is 0.305 e. The highest BCUT2D eigenvalue weighted by Gasteiger charge is 2.26. The number of rotatable bonds is 5. The van der Waals surface area contributed by atoms with Crippen molar-refractivity contribution in [3.8, 4) is 0 Å². The van der Waals surface area contributed by atoms with E-state index in [2.05, 4.69) is 5.32 Å². The predicted octanol–water partition coefficient (Wildman–Crippen LogP) is 1.71. The van der Waals surface area contributed by atoms with Gasteiger partial charge in [0.05, 0.1) is 6.42 Å². The fourth-order valence-electron chi connectivity index (χ4n) is 1.19. The van der Waals surface area contributed by atoms with Crippen LogP contribution < -0.4 is 5.32 Å². The molecule has 1 atom stereocenters. The zero-order valence-corrected chi connectivity index (χ0v) is 9.76. The number of carboxylic acids is 1. The van der Waals surface area contributed by atoms with Gasteiger partial charge in [0, 0.05) is 11.6 Å². The van der Waals surface area contributed by atoms with Crippen molar-refractivity contribution in [1.82, 2.24) is 5.32 Å². The summed E-state index contributed by atoms with van der Waals surface area (Å²) < 4.78 is 0. The molecule has 15 heavy (non-hydrogen) atoms. The van der Waals surface area contributed by atoms with Gasteiger partial charge in [-0.25, -0.2) is 0 Å². The number of hydrogen-bond acceptors (Lipinski definition) is 2. The molecule has 4 nitrogen and oxygen atoms in total. The maximum atomic E-state index is 11.4. The molecule has 0 spiro atoms. The Morgan fingerprint density at radius 3 is 2.27 bits per heavy atom. The first-order chi connectivity index (χ1) is 6.79. The van der Waals surface area contributed by atoms with Crippen LogP contribution in [0.3, 0.4) is 0 Å². The molecule has 0 aromatic heterocycles. The Morgan fingerprint density at radius 1 is 1.40 bits per heavy atom. The Bertz CT molecular complexity index is 280. The third kappa shape index (κ3) is 5.88. The van der Waals surface area contributed by atoms with Crippen molar-refractivity contribution in [2.24, 2.45) is 0 Å². The standard InChI is InChI=1S/C11H19NO3/c1-5-11(4,7-10(14)15)12-9(13)6-8(2)3/h6H,5,7H2,1-4H3,(H,12,13)(H,14,15). The largest absolute Gasteiger partial charge is 0.481 e. The van der Waals surface area contributed by atoms with Crippen molar-refractivity contribution in [2.75, 3.05) is 0 Å². The maximum absolute atomic E-state index is 11.4.